The molecule has 0 saturated carbocycles. The Balaban J connectivity index is 2.13. The van der Waals surface area contributed by atoms with Crippen LogP contribution in [0.15, 0.2) is 18.2 Å². The lowest BCUT2D eigenvalue weighted by Crippen LogP contribution is -2.01. The highest BCUT2D eigenvalue weighted by molar-refractivity contribution is 6.36. The van der Waals surface area contributed by atoms with Crippen molar-refractivity contribution in [2.75, 3.05) is 0 Å². The topological polar surface area (TPSA) is 12.5 Å². The van der Waals surface area contributed by atoms with E-state index in [4.69, 9.17) is 27.9 Å². The molecule has 0 aliphatic carbocycles. The fourth-order valence-corrected chi connectivity index (χ4v) is 2.70. The lowest BCUT2D eigenvalue weighted by atomic mass is 9.95. The molecule has 1 fully saturated rings. The third-order valence-electron chi connectivity index (χ3n) is 2.91. The van der Waals surface area contributed by atoms with Crippen LogP contribution in [0.5, 0.6) is 0 Å². The molecule has 0 bridgehead atoms. The van der Waals surface area contributed by atoms with E-state index in [-0.39, 0.29) is 0 Å². The standard InChI is InChI=1S/C12H14Cl2O/c1-7(6-11-8(2)15-11)12-9(13)4-3-5-10(12)14/h3-5,7-8,11H,6H2,1-2H3. The van der Waals surface area contributed by atoms with Gasteiger partial charge in [0.05, 0.1) is 12.2 Å². The van der Waals surface area contributed by atoms with E-state index in [1.807, 2.05) is 18.2 Å². The van der Waals surface area contributed by atoms with Gasteiger partial charge < -0.3 is 4.74 Å². The van der Waals surface area contributed by atoms with Gasteiger partial charge in [0.2, 0.25) is 0 Å². The van der Waals surface area contributed by atoms with Crippen molar-refractivity contribution >= 4 is 23.2 Å². The van der Waals surface area contributed by atoms with Crippen molar-refractivity contribution in [2.24, 2.45) is 0 Å². The summed E-state index contributed by atoms with van der Waals surface area (Å²) < 4.78 is 5.40. The van der Waals surface area contributed by atoms with Crippen molar-refractivity contribution in [3.8, 4) is 0 Å². The molecule has 2 rings (SSSR count). The number of epoxide rings is 1. The molecule has 3 unspecified atom stereocenters. The predicted molar refractivity (Wildman–Crippen MR) is 63.8 cm³/mol. The molecule has 1 nitrogen and oxygen atoms in total. The number of hydrogen-bond acceptors (Lipinski definition) is 1. The first kappa shape index (κ1) is 11.3. The Morgan fingerprint density at radius 1 is 1.33 bits per heavy atom. The smallest absolute Gasteiger partial charge is 0.0844 e. The van der Waals surface area contributed by atoms with Gasteiger partial charge in [0.15, 0.2) is 0 Å². The SMILES string of the molecule is CC(CC1OC1C)c1c(Cl)cccc1Cl. The summed E-state index contributed by atoms with van der Waals surface area (Å²) in [5, 5.41) is 1.51. The van der Waals surface area contributed by atoms with Crippen LogP contribution in [0.1, 0.15) is 31.7 Å². The first-order chi connectivity index (χ1) is 7.09. The second kappa shape index (κ2) is 4.32. The second-order valence-corrected chi connectivity index (χ2v) is 4.97. The van der Waals surface area contributed by atoms with Gasteiger partial charge in [-0.05, 0) is 37.0 Å². The summed E-state index contributed by atoms with van der Waals surface area (Å²) in [7, 11) is 0. The summed E-state index contributed by atoms with van der Waals surface area (Å²) >= 11 is 12.3. The van der Waals surface area contributed by atoms with Crippen molar-refractivity contribution < 1.29 is 4.74 Å². The number of rotatable bonds is 3. The molecule has 3 atom stereocenters. The van der Waals surface area contributed by atoms with E-state index < -0.39 is 0 Å². The first-order valence-corrected chi connectivity index (χ1v) is 5.94. The maximum absolute atomic E-state index is 6.14. The van der Waals surface area contributed by atoms with Crippen LogP contribution in [-0.2, 0) is 4.74 Å². The van der Waals surface area contributed by atoms with E-state index in [0.717, 1.165) is 22.0 Å². The minimum atomic E-state index is 0.348. The second-order valence-electron chi connectivity index (χ2n) is 4.15. The molecule has 1 aromatic carbocycles. The van der Waals surface area contributed by atoms with Gasteiger partial charge in [-0.15, -0.1) is 0 Å². The van der Waals surface area contributed by atoms with Crippen molar-refractivity contribution in [1.82, 2.24) is 0 Å². The Labute approximate surface area is 100 Å². The third-order valence-corrected chi connectivity index (χ3v) is 3.57. The molecule has 1 aromatic rings. The molecule has 82 valence electrons. The summed E-state index contributed by atoms with van der Waals surface area (Å²) in [6.07, 6.45) is 1.77. The summed E-state index contributed by atoms with van der Waals surface area (Å²) in [4.78, 5) is 0. The average Bonchev–Trinajstić information content (AvgIpc) is 2.81. The number of halogens is 2. The lowest BCUT2D eigenvalue weighted by Gasteiger charge is -2.14. The largest absolute Gasteiger partial charge is 0.370 e. The molecule has 0 spiro atoms. The van der Waals surface area contributed by atoms with Crippen LogP contribution in [0.3, 0.4) is 0 Å². The summed E-state index contributed by atoms with van der Waals surface area (Å²) in [6.45, 7) is 4.23. The molecular weight excluding hydrogens is 231 g/mol. The Bertz CT molecular complexity index is 344. The zero-order valence-electron chi connectivity index (χ0n) is 8.84. The number of ether oxygens (including phenoxy) is 1. The highest BCUT2D eigenvalue weighted by Crippen LogP contribution is 2.38. The van der Waals surface area contributed by atoms with Gasteiger partial charge in [0.25, 0.3) is 0 Å². The highest BCUT2D eigenvalue weighted by Gasteiger charge is 2.35. The van der Waals surface area contributed by atoms with Crippen LogP contribution in [-0.4, -0.2) is 12.2 Å². The summed E-state index contributed by atoms with van der Waals surface area (Å²) in [5.41, 5.74) is 1.04. The van der Waals surface area contributed by atoms with Crippen LogP contribution < -0.4 is 0 Å². The van der Waals surface area contributed by atoms with Crippen LogP contribution in [0.2, 0.25) is 10.0 Å². The van der Waals surface area contributed by atoms with Gasteiger partial charge in [-0.1, -0.05) is 36.2 Å². The van der Waals surface area contributed by atoms with E-state index in [1.54, 1.807) is 0 Å². The molecule has 0 N–H and O–H groups in total. The number of benzene rings is 1. The van der Waals surface area contributed by atoms with Gasteiger partial charge in [-0.25, -0.2) is 0 Å². The summed E-state index contributed by atoms with van der Waals surface area (Å²) in [6, 6.07) is 5.64. The fraction of sp³-hybridized carbons (Fsp3) is 0.500. The molecule has 1 saturated heterocycles. The maximum Gasteiger partial charge on any atom is 0.0844 e. The quantitative estimate of drug-likeness (QED) is 0.724. The fourth-order valence-electron chi connectivity index (χ4n) is 1.93. The normalized spacial score (nSPS) is 26.4. The van der Waals surface area contributed by atoms with E-state index >= 15 is 0 Å². The molecule has 3 heteroatoms. The predicted octanol–water partition coefficient (Wildman–Crippen LogP) is 4.27. The van der Waals surface area contributed by atoms with E-state index in [0.29, 0.717) is 18.1 Å². The molecule has 0 amide bonds. The summed E-state index contributed by atoms with van der Waals surface area (Å²) in [5.74, 6) is 0.348. The third kappa shape index (κ3) is 2.47. The minimum absolute atomic E-state index is 0.348. The van der Waals surface area contributed by atoms with Crippen molar-refractivity contribution in [3.63, 3.8) is 0 Å². The zero-order chi connectivity index (χ0) is 11.0. The first-order valence-electron chi connectivity index (χ1n) is 5.19. The monoisotopic (exact) mass is 244 g/mol. The maximum atomic E-state index is 6.14. The van der Waals surface area contributed by atoms with Gasteiger partial charge >= 0.3 is 0 Å². The minimum Gasteiger partial charge on any atom is -0.370 e. The van der Waals surface area contributed by atoms with Crippen LogP contribution in [0.25, 0.3) is 0 Å². The molecule has 0 radical (unpaired) electrons. The Morgan fingerprint density at radius 2 is 1.87 bits per heavy atom. The van der Waals surface area contributed by atoms with E-state index in [9.17, 15) is 0 Å². The molecule has 1 aliphatic heterocycles. The van der Waals surface area contributed by atoms with Crippen molar-refractivity contribution in [1.29, 1.82) is 0 Å². The average molecular weight is 245 g/mol. The van der Waals surface area contributed by atoms with Gasteiger partial charge in [0.1, 0.15) is 0 Å². The van der Waals surface area contributed by atoms with Crippen LogP contribution in [0, 0.1) is 0 Å². The van der Waals surface area contributed by atoms with Crippen LogP contribution >= 0.6 is 23.2 Å². The molecule has 1 heterocycles. The van der Waals surface area contributed by atoms with Crippen LogP contribution in [0.4, 0.5) is 0 Å². The lowest BCUT2D eigenvalue weighted by molar-refractivity contribution is 0.362. The highest BCUT2D eigenvalue weighted by atomic mass is 35.5. The van der Waals surface area contributed by atoms with E-state index in [2.05, 4.69) is 13.8 Å². The Hall–Kier alpha value is -0.240. The van der Waals surface area contributed by atoms with Crippen molar-refractivity contribution in [3.05, 3.63) is 33.8 Å². The van der Waals surface area contributed by atoms with Gasteiger partial charge in [-0.2, -0.15) is 0 Å². The Kier molecular flexibility index (Phi) is 3.24. The Morgan fingerprint density at radius 3 is 2.33 bits per heavy atom. The molecule has 0 aromatic heterocycles. The van der Waals surface area contributed by atoms with Gasteiger partial charge in [0, 0.05) is 10.0 Å². The molecule has 1 aliphatic rings. The number of hydrogen-bond donors (Lipinski definition) is 0. The molecule has 15 heavy (non-hydrogen) atoms. The molecular formula is C12H14Cl2O. The van der Waals surface area contributed by atoms with Gasteiger partial charge in [-0.3, -0.25) is 0 Å². The van der Waals surface area contributed by atoms with Crippen molar-refractivity contribution in [2.45, 2.75) is 38.4 Å². The zero-order valence-corrected chi connectivity index (χ0v) is 10.3. The van der Waals surface area contributed by atoms with E-state index in [1.165, 1.54) is 0 Å².